The summed E-state index contributed by atoms with van der Waals surface area (Å²) in [7, 11) is 0. The molecule has 0 saturated heterocycles. The van der Waals surface area contributed by atoms with Crippen molar-refractivity contribution in [3.05, 3.63) is 0 Å². The van der Waals surface area contributed by atoms with Crippen molar-refractivity contribution in [1.82, 2.24) is 10.6 Å². The molecule has 4 nitrogen and oxygen atoms in total. The summed E-state index contributed by atoms with van der Waals surface area (Å²) in [5, 5.41) is 15.3. The van der Waals surface area contributed by atoms with Gasteiger partial charge in [0.25, 0.3) is 0 Å². The summed E-state index contributed by atoms with van der Waals surface area (Å²) >= 11 is 0. The molecule has 13 heavy (non-hydrogen) atoms. The Balaban J connectivity index is 3.49. The molecule has 0 aromatic carbocycles. The molecule has 0 aliphatic rings. The van der Waals surface area contributed by atoms with Crippen LogP contribution in [0.5, 0.6) is 0 Å². The molecule has 0 aromatic heterocycles. The van der Waals surface area contributed by atoms with Gasteiger partial charge in [0.2, 0.25) is 0 Å². The summed E-state index contributed by atoms with van der Waals surface area (Å²) in [5.41, 5.74) is 5.53. The summed E-state index contributed by atoms with van der Waals surface area (Å²) in [4.78, 5) is 0. The lowest BCUT2D eigenvalue weighted by Crippen LogP contribution is -2.47. The molecule has 2 unspecified atom stereocenters. The average molecular weight is 189 g/mol. The van der Waals surface area contributed by atoms with Crippen LogP contribution < -0.4 is 16.4 Å². The van der Waals surface area contributed by atoms with Crippen LogP contribution in [0, 0.1) is 5.92 Å². The highest BCUT2D eigenvalue weighted by molar-refractivity contribution is 4.63. The summed E-state index contributed by atoms with van der Waals surface area (Å²) < 4.78 is 0. The van der Waals surface area contributed by atoms with Crippen molar-refractivity contribution >= 4 is 0 Å². The Morgan fingerprint density at radius 3 is 2.38 bits per heavy atom. The molecule has 80 valence electrons. The summed E-state index contributed by atoms with van der Waals surface area (Å²) in [6, 6.07) is 0.278. The van der Waals surface area contributed by atoms with Crippen molar-refractivity contribution in [2.45, 2.75) is 39.6 Å². The first-order chi connectivity index (χ1) is 6.10. The van der Waals surface area contributed by atoms with Crippen molar-refractivity contribution in [3.8, 4) is 0 Å². The first-order valence-corrected chi connectivity index (χ1v) is 4.97. The van der Waals surface area contributed by atoms with Gasteiger partial charge in [0.1, 0.15) is 0 Å². The molecule has 0 aliphatic carbocycles. The average Bonchev–Trinajstić information content (AvgIpc) is 2.05. The van der Waals surface area contributed by atoms with Gasteiger partial charge >= 0.3 is 0 Å². The van der Waals surface area contributed by atoms with Crippen LogP contribution in [0.1, 0.15) is 27.2 Å². The van der Waals surface area contributed by atoms with Crippen LogP contribution >= 0.6 is 0 Å². The first-order valence-electron chi connectivity index (χ1n) is 4.97. The van der Waals surface area contributed by atoms with Crippen LogP contribution in [0.4, 0.5) is 0 Å². The fourth-order valence-electron chi connectivity index (χ4n) is 1.05. The van der Waals surface area contributed by atoms with Gasteiger partial charge in [-0.15, -0.1) is 0 Å². The van der Waals surface area contributed by atoms with Crippen LogP contribution in [0.25, 0.3) is 0 Å². The summed E-state index contributed by atoms with van der Waals surface area (Å²) in [5.74, 6) is 0.448. The molecule has 0 fully saturated rings. The standard InChI is InChI=1S/C9H23N3O/c1-4-8(5-10)6-11-9(13)12-7(2)3/h7-9,11-13H,4-6,10H2,1-3H3. The Hall–Kier alpha value is -0.160. The van der Waals surface area contributed by atoms with Gasteiger partial charge in [-0.25, -0.2) is 0 Å². The molecular formula is C9H23N3O. The molecule has 0 aromatic rings. The number of aliphatic hydroxyl groups excluding tert-OH is 1. The molecular weight excluding hydrogens is 166 g/mol. The monoisotopic (exact) mass is 189 g/mol. The van der Waals surface area contributed by atoms with E-state index in [0.717, 1.165) is 13.0 Å². The van der Waals surface area contributed by atoms with E-state index in [-0.39, 0.29) is 6.04 Å². The van der Waals surface area contributed by atoms with E-state index in [1.165, 1.54) is 0 Å². The van der Waals surface area contributed by atoms with Gasteiger partial charge in [-0.2, -0.15) is 0 Å². The quantitative estimate of drug-likeness (QED) is 0.420. The molecule has 0 heterocycles. The van der Waals surface area contributed by atoms with Gasteiger partial charge in [-0.3, -0.25) is 10.6 Å². The van der Waals surface area contributed by atoms with E-state index in [1.807, 2.05) is 13.8 Å². The van der Waals surface area contributed by atoms with Crippen LogP contribution in [0.2, 0.25) is 0 Å². The predicted molar refractivity (Wildman–Crippen MR) is 55.1 cm³/mol. The van der Waals surface area contributed by atoms with E-state index < -0.39 is 6.35 Å². The van der Waals surface area contributed by atoms with Crippen molar-refractivity contribution in [1.29, 1.82) is 0 Å². The van der Waals surface area contributed by atoms with Crippen molar-refractivity contribution in [2.75, 3.05) is 13.1 Å². The lowest BCUT2D eigenvalue weighted by Gasteiger charge is -2.20. The second-order valence-electron chi connectivity index (χ2n) is 3.64. The third-order valence-electron chi connectivity index (χ3n) is 2.00. The normalized spacial score (nSPS) is 16.2. The van der Waals surface area contributed by atoms with Gasteiger partial charge in [0.15, 0.2) is 6.35 Å². The molecule has 0 aliphatic heterocycles. The number of aliphatic hydroxyl groups is 1. The minimum absolute atomic E-state index is 0.278. The summed E-state index contributed by atoms with van der Waals surface area (Å²) in [6.07, 6.45) is 0.415. The molecule has 5 N–H and O–H groups in total. The number of hydrogen-bond acceptors (Lipinski definition) is 4. The second-order valence-corrected chi connectivity index (χ2v) is 3.64. The maximum absolute atomic E-state index is 9.40. The highest BCUT2D eigenvalue weighted by Crippen LogP contribution is 1.97. The van der Waals surface area contributed by atoms with Gasteiger partial charge in [-0.1, -0.05) is 13.3 Å². The Morgan fingerprint density at radius 1 is 1.38 bits per heavy atom. The van der Waals surface area contributed by atoms with Crippen LogP contribution in [-0.2, 0) is 0 Å². The first kappa shape index (κ1) is 12.8. The number of rotatable bonds is 7. The molecule has 0 saturated carbocycles. The van der Waals surface area contributed by atoms with Crippen molar-refractivity contribution < 1.29 is 5.11 Å². The van der Waals surface area contributed by atoms with E-state index in [4.69, 9.17) is 5.73 Å². The van der Waals surface area contributed by atoms with E-state index in [0.29, 0.717) is 12.5 Å². The van der Waals surface area contributed by atoms with Gasteiger partial charge in [-0.05, 0) is 26.3 Å². The third-order valence-corrected chi connectivity index (χ3v) is 2.00. The third kappa shape index (κ3) is 6.95. The Bertz CT molecular complexity index is 115. The van der Waals surface area contributed by atoms with Crippen LogP contribution in [0.15, 0.2) is 0 Å². The zero-order chi connectivity index (χ0) is 10.3. The smallest absolute Gasteiger partial charge is 0.160 e. The highest BCUT2D eigenvalue weighted by atomic mass is 16.3. The molecule has 2 atom stereocenters. The number of nitrogens with two attached hydrogens (primary N) is 1. The van der Waals surface area contributed by atoms with Gasteiger partial charge in [0.05, 0.1) is 0 Å². The largest absolute Gasteiger partial charge is 0.365 e. The lowest BCUT2D eigenvalue weighted by atomic mass is 10.1. The number of hydrogen-bond donors (Lipinski definition) is 4. The van der Waals surface area contributed by atoms with Crippen molar-refractivity contribution in [2.24, 2.45) is 11.7 Å². The molecule has 0 bridgehead atoms. The highest BCUT2D eigenvalue weighted by Gasteiger charge is 2.07. The van der Waals surface area contributed by atoms with E-state index in [9.17, 15) is 5.11 Å². The lowest BCUT2D eigenvalue weighted by molar-refractivity contribution is 0.0880. The van der Waals surface area contributed by atoms with E-state index >= 15 is 0 Å². The fraction of sp³-hybridized carbons (Fsp3) is 1.00. The van der Waals surface area contributed by atoms with E-state index in [1.54, 1.807) is 0 Å². The maximum Gasteiger partial charge on any atom is 0.160 e. The van der Waals surface area contributed by atoms with Crippen molar-refractivity contribution in [3.63, 3.8) is 0 Å². The Kier molecular flexibility index (Phi) is 7.17. The number of nitrogens with one attached hydrogen (secondary N) is 2. The van der Waals surface area contributed by atoms with Gasteiger partial charge < -0.3 is 10.8 Å². The van der Waals surface area contributed by atoms with Crippen LogP contribution in [0.3, 0.4) is 0 Å². The maximum atomic E-state index is 9.40. The topological polar surface area (TPSA) is 70.3 Å². The Morgan fingerprint density at radius 2 is 2.00 bits per heavy atom. The summed E-state index contributed by atoms with van der Waals surface area (Å²) in [6.45, 7) is 7.50. The van der Waals surface area contributed by atoms with E-state index in [2.05, 4.69) is 17.6 Å². The zero-order valence-corrected chi connectivity index (χ0v) is 8.88. The molecule has 0 radical (unpaired) electrons. The fourth-order valence-corrected chi connectivity index (χ4v) is 1.05. The molecule has 4 heteroatoms. The second kappa shape index (κ2) is 7.26. The van der Waals surface area contributed by atoms with Gasteiger partial charge in [0, 0.05) is 12.6 Å². The molecule has 0 amide bonds. The Labute approximate surface area is 80.9 Å². The SMILES string of the molecule is CCC(CN)CNC(O)NC(C)C. The molecule has 0 spiro atoms. The van der Waals surface area contributed by atoms with Crippen LogP contribution in [-0.4, -0.2) is 30.6 Å². The molecule has 0 rings (SSSR count). The predicted octanol–water partition coefficient (Wildman–Crippen LogP) is -0.165. The minimum atomic E-state index is -0.624. The minimum Gasteiger partial charge on any atom is -0.365 e. The zero-order valence-electron chi connectivity index (χ0n) is 8.88.